The molecule has 0 amide bonds. The quantitative estimate of drug-likeness (QED) is 0.836. The van der Waals surface area contributed by atoms with E-state index >= 15 is 0 Å². The van der Waals surface area contributed by atoms with Crippen LogP contribution < -0.4 is 4.74 Å². The van der Waals surface area contributed by atoms with Crippen molar-refractivity contribution >= 4 is 14.1 Å². The third kappa shape index (κ3) is 4.57. The zero-order valence-corrected chi connectivity index (χ0v) is 12.3. The number of benzene rings is 2. The third-order valence-corrected chi connectivity index (χ3v) is 3.70. The summed E-state index contributed by atoms with van der Waals surface area (Å²) >= 11 is 0. The van der Waals surface area contributed by atoms with E-state index in [-0.39, 0.29) is 0 Å². The Labute approximate surface area is 124 Å². The van der Waals surface area contributed by atoms with Crippen LogP contribution >= 0.6 is 8.03 Å². The van der Waals surface area contributed by atoms with Gasteiger partial charge in [-0.2, -0.15) is 0 Å². The molecule has 1 heterocycles. The van der Waals surface area contributed by atoms with Gasteiger partial charge in [-0.3, -0.25) is 4.57 Å². The summed E-state index contributed by atoms with van der Waals surface area (Å²) < 4.78 is 15.8. The highest BCUT2D eigenvalue weighted by Crippen LogP contribution is 2.34. The Morgan fingerprint density at radius 1 is 1.05 bits per heavy atom. The summed E-state index contributed by atoms with van der Waals surface area (Å²) in [5.41, 5.74) is 1.66. The molecule has 0 radical (unpaired) electrons. The second-order valence-corrected chi connectivity index (χ2v) is 5.63. The molecule has 5 heteroatoms. The topological polar surface area (TPSA) is 66.8 Å². The van der Waals surface area contributed by atoms with Crippen molar-refractivity contribution in [2.24, 2.45) is 0 Å². The van der Waals surface area contributed by atoms with Crippen LogP contribution in [0.2, 0.25) is 0 Å². The SMILES string of the molecule is C1=Cc2ccccc2OC1.O=[PH](O)C(O)c1ccccc1. The number of ether oxygens (including phenoxy) is 1. The van der Waals surface area contributed by atoms with Crippen LogP contribution in [0.3, 0.4) is 0 Å². The van der Waals surface area contributed by atoms with E-state index in [2.05, 4.69) is 6.08 Å². The van der Waals surface area contributed by atoms with E-state index in [0.29, 0.717) is 12.2 Å². The maximum Gasteiger partial charge on any atom is 0.221 e. The van der Waals surface area contributed by atoms with Crippen molar-refractivity contribution in [3.63, 3.8) is 0 Å². The Kier molecular flexibility index (Phi) is 5.76. The lowest BCUT2D eigenvalue weighted by atomic mass is 10.1. The van der Waals surface area contributed by atoms with E-state index in [0.717, 1.165) is 5.75 Å². The summed E-state index contributed by atoms with van der Waals surface area (Å²) in [5, 5.41) is 9.08. The van der Waals surface area contributed by atoms with Gasteiger partial charge in [-0.25, -0.2) is 0 Å². The minimum absolute atomic E-state index is 0.485. The highest BCUT2D eigenvalue weighted by Gasteiger charge is 2.10. The fourth-order valence-corrected chi connectivity index (χ4v) is 2.32. The smallest absolute Gasteiger partial charge is 0.221 e. The van der Waals surface area contributed by atoms with E-state index in [4.69, 9.17) is 14.7 Å². The van der Waals surface area contributed by atoms with Gasteiger partial charge in [0.2, 0.25) is 8.03 Å². The molecule has 1 aliphatic rings. The standard InChI is InChI=1S/C9H8O.C7H9O3P/c1-2-6-9-8(4-1)5-3-7-10-9;8-7(11(9)10)6-4-2-1-3-5-6/h1-6H,7H2;1-5,7-8,11H,(H,9,10). The molecule has 0 fully saturated rings. The first kappa shape index (κ1) is 15.5. The minimum Gasteiger partial charge on any atom is -0.489 e. The fourth-order valence-electron chi connectivity index (χ4n) is 1.84. The Bertz CT molecular complexity index is 625. The zero-order chi connectivity index (χ0) is 15.1. The van der Waals surface area contributed by atoms with E-state index in [1.165, 1.54) is 5.56 Å². The molecule has 4 nitrogen and oxygen atoms in total. The van der Waals surface area contributed by atoms with Gasteiger partial charge in [0.25, 0.3) is 0 Å². The normalized spacial score (nSPS) is 15.0. The van der Waals surface area contributed by atoms with Crippen molar-refractivity contribution in [3.8, 4) is 5.75 Å². The molecule has 21 heavy (non-hydrogen) atoms. The highest BCUT2D eigenvalue weighted by molar-refractivity contribution is 7.38. The fraction of sp³-hybridized carbons (Fsp3) is 0.125. The van der Waals surface area contributed by atoms with Gasteiger partial charge in [0, 0.05) is 5.56 Å². The average Bonchev–Trinajstić information content (AvgIpc) is 2.55. The van der Waals surface area contributed by atoms with Crippen LogP contribution in [-0.2, 0) is 4.57 Å². The molecule has 2 aromatic carbocycles. The first-order chi connectivity index (χ1) is 10.2. The second kappa shape index (κ2) is 7.79. The number of fused-ring (bicyclic) bond motifs is 1. The number of aliphatic hydroxyl groups excluding tert-OH is 1. The van der Waals surface area contributed by atoms with E-state index < -0.39 is 13.9 Å². The molecule has 0 spiro atoms. The van der Waals surface area contributed by atoms with E-state index in [1.807, 2.05) is 30.3 Å². The Hall–Kier alpha value is -1.87. The van der Waals surface area contributed by atoms with Gasteiger partial charge in [0.15, 0.2) is 5.85 Å². The van der Waals surface area contributed by atoms with Crippen LogP contribution in [0.5, 0.6) is 5.75 Å². The number of aliphatic hydroxyl groups is 1. The maximum absolute atomic E-state index is 10.4. The summed E-state index contributed by atoms with van der Waals surface area (Å²) in [5.74, 6) is -0.230. The van der Waals surface area contributed by atoms with E-state index in [1.54, 1.807) is 30.3 Å². The molecule has 1 aliphatic heterocycles. The van der Waals surface area contributed by atoms with Crippen molar-refractivity contribution < 1.29 is 19.3 Å². The monoisotopic (exact) mass is 304 g/mol. The Morgan fingerprint density at radius 2 is 1.71 bits per heavy atom. The van der Waals surface area contributed by atoms with Crippen LogP contribution in [0.1, 0.15) is 17.0 Å². The molecular weight excluding hydrogens is 287 g/mol. The summed E-state index contributed by atoms with van der Waals surface area (Å²) in [7, 11) is -2.86. The number of hydrogen-bond acceptors (Lipinski definition) is 3. The second-order valence-electron chi connectivity index (χ2n) is 4.40. The van der Waals surface area contributed by atoms with Crippen LogP contribution in [0.25, 0.3) is 6.08 Å². The molecule has 110 valence electrons. The number of hydrogen-bond donors (Lipinski definition) is 2. The molecule has 2 atom stereocenters. The third-order valence-electron chi connectivity index (χ3n) is 2.90. The lowest BCUT2D eigenvalue weighted by molar-refractivity contribution is 0.243. The van der Waals surface area contributed by atoms with Gasteiger partial charge in [-0.1, -0.05) is 54.6 Å². The molecular formula is C16H17O4P. The predicted octanol–water partition coefficient (Wildman–Crippen LogP) is 3.24. The first-order valence-electron chi connectivity index (χ1n) is 6.52. The van der Waals surface area contributed by atoms with Crippen LogP contribution in [0, 0.1) is 0 Å². The first-order valence-corrected chi connectivity index (χ1v) is 7.96. The van der Waals surface area contributed by atoms with Crippen LogP contribution in [0.4, 0.5) is 0 Å². The molecule has 2 aromatic rings. The van der Waals surface area contributed by atoms with Gasteiger partial charge in [0.05, 0.1) is 0 Å². The molecule has 3 rings (SSSR count). The van der Waals surface area contributed by atoms with Crippen molar-refractivity contribution in [2.45, 2.75) is 5.85 Å². The van der Waals surface area contributed by atoms with Gasteiger partial charge in [-0.15, -0.1) is 0 Å². The molecule has 0 saturated heterocycles. The largest absolute Gasteiger partial charge is 0.489 e. The summed E-state index contributed by atoms with van der Waals surface area (Å²) in [6, 6.07) is 16.5. The lowest BCUT2D eigenvalue weighted by Gasteiger charge is -2.10. The maximum atomic E-state index is 10.4. The Morgan fingerprint density at radius 3 is 2.38 bits per heavy atom. The number of para-hydroxylation sites is 1. The van der Waals surface area contributed by atoms with Crippen molar-refractivity contribution in [2.75, 3.05) is 6.61 Å². The minimum atomic E-state index is -2.86. The molecule has 0 saturated carbocycles. The molecule has 2 N–H and O–H groups in total. The van der Waals surface area contributed by atoms with Crippen molar-refractivity contribution in [1.82, 2.24) is 0 Å². The van der Waals surface area contributed by atoms with Crippen LogP contribution in [0.15, 0.2) is 60.7 Å². The molecule has 0 aliphatic carbocycles. The summed E-state index contributed by atoms with van der Waals surface area (Å²) in [4.78, 5) is 8.57. The van der Waals surface area contributed by atoms with Gasteiger partial charge in [0.1, 0.15) is 12.4 Å². The van der Waals surface area contributed by atoms with Gasteiger partial charge < -0.3 is 14.7 Å². The highest BCUT2D eigenvalue weighted by atomic mass is 31.1. The van der Waals surface area contributed by atoms with Gasteiger partial charge in [-0.05, 0) is 17.7 Å². The van der Waals surface area contributed by atoms with Crippen molar-refractivity contribution in [1.29, 1.82) is 0 Å². The van der Waals surface area contributed by atoms with Gasteiger partial charge >= 0.3 is 0 Å². The zero-order valence-electron chi connectivity index (χ0n) is 11.3. The van der Waals surface area contributed by atoms with E-state index in [9.17, 15) is 4.57 Å². The Balaban J connectivity index is 0.000000154. The van der Waals surface area contributed by atoms with Crippen LogP contribution in [-0.4, -0.2) is 16.6 Å². The molecule has 0 aromatic heterocycles. The predicted molar refractivity (Wildman–Crippen MR) is 83.6 cm³/mol. The summed E-state index contributed by atoms with van der Waals surface area (Å²) in [6.07, 6.45) is 4.10. The van der Waals surface area contributed by atoms with Crippen molar-refractivity contribution in [3.05, 3.63) is 71.8 Å². The molecule has 0 bridgehead atoms. The average molecular weight is 304 g/mol. The lowest BCUT2D eigenvalue weighted by Crippen LogP contribution is -1.98. The molecule has 2 unspecified atom stereocenters. The number of rotatable bonds is 2. The summed E-state index contributed by atoms with van der Waals surface area (Å²) in [6.45, 7) is 0.705.